The first-order valence-electron chi connectivity index (χ1n) is 6.13. The second-order valence-electron chi connectivity index (χ2n) is 5.30. The molecule has 1 aliphatic rings. The number of aryl methyl sites for hydroxylation is 1. The molecule has 0 radical (unpaired) electrons. The van der Waals surface area contributed by atoms with Gasteiger partial charge < -0.3 is 10.1 Å². The van der Waals surface area contributed by atoms with Crippen molar-refractivity contribution >= 4 is 0 Å². The Morgan fingerprint density at radius 1 is 1.41 bits per heavy atom. The molecule has 0 atom stereocenters. The highest BCUT2D eigenvalue weighted by Crippen LogP contribution is 2.24. The smallest absolute Gasteiger partial charge is 0.123 e. The van der Waals surface area contributed by atoms with Gasteiger partial charge in [0.15, 0.2) is 0 Å². The van der Waals surface area contributed by atoms with Crippen LogP contribution >= 0.6 is 0 Å². The predicted molar refractivity (Wildman–Crippen MR) is 66.6 cm³/mol. The van der Waals surface area contributed by atoms with E-state index in [9.17, 15) is 4.39 Å². The average molecular weight is 237 g/mol. The Hall–Kier alpha value is -0.930. The predicted octanol–water partition coefficient (Wildman–Crippen LogP) is 2.30. The Labute approximate surface area is 102 Å². The van der Waals surface area contributed by atoms with Crippen LogP contribution in [0.3, 0.4) is 0 Å². The molecule has 0 amide bonds. The molecule has 0 aromatic heterocycles. The molecule has 0 unspecified atom stereocenters. The highest BCUT2D eigenvalue weighted by molar-refractivity contribution is 5.26. The number of ether oxygens (including phenoxy) is 1. The van der Waals surface area contributed by atoms with E-state index in [1.807, 2.05) is 13.0 Å². The lowest BCUT2D eigenvalue weighted by Crippen LogP contribution is -2.47. The van der Waals surface area contributed by atoms with E-state index in [-0.39, 0.29) is 5.82 Å². The highest BCUT2D eigenvalue weighted by atomic mass is 19.1. The normalized spacial score (nSPS) is 17.8. The Bertz CT molecular complexity index is 388. The largest absolute Gasteiger partial charge is 0.380 e. The van der Waals surface area contributed by atoms with E-state index in [1.54, 1.807) is 6.07 Å². The molecular weight excluding hydrogens is 217 g/mol. The van der Waals surface area contributed by atoms with Gasteiger partial charge in [-0.2, -0.15) is 0 Å². The molecule has 1 heterocycles. The van der Waals surface area contributed by atoms with Crippen LogP contribution in [0, 0.1) is 18.2 Å². The average Bonchev–Trinajstić information content (AvgIpc) is 2.24. The third kappa shape index (κ3) is 3.27. The molecule has 0 saturated carbocycles. The summed E-state index contributed by atoms with van der Waals surface area (Å²) in [5.41, 5.74) is 2.57. The van der Waals surface area contributed by atoms with Gasteiger partial charge in [-0.25, -0.2) is 4.39 Å². The van der Waals surface area contributed by atoms with Crippen molar-refractivity contribution in [3.63, 3.8) is 0 Å². The van der Waals surface area contributed by atoms with Crippen LogP contribution in [0.25, 0.3) is 0 Å². The van der Waals surface area contributed by atoms with Crippen LogP contribution in [0.5, 0.6) is 0 Å². The summed E-state index contributed by atoms with van der Waals surface area (Å²) >= 11 is 0. The quantitative estimate of drug-likeness (QED) is 0.793. The van der Waals surface area contributed by atoms with E-state index >= 15 is 0 Å². The Morgan fingerprint density at radius 2 is 2.18 bits per heavy atom. The fraction of sp³-hybridized carbons (Fsp3) is 0.571. The first-order chi connectivity index (χ1) is 8.09. The molecule has 0 bridgehead atoms. The number of benzene rings is 1. The van der Waals surface area contributed by atoms with Crippen molar-refractivity contribution in [2.45, 2.75) is 20.3 Å². The molecule has 94 valence electrons. The molecule has 1 N–H and O–H groups in total. The zero-order valence-electron chi connectivity index (χ0n) is 10.6. The van der Waals surface area contributed by atoms with Gasteiger partial charge in [-0.15, -0.1) is 0 Å². The molecule has 3 heteroatoms. The number of rotatable bonds is 5. The van der Waals surface area contributed by atoms with Gasteiger partial charge in [-0.05, 0) is 43.1 Å². The van der Waals surface area contributed by atoms with E-state index in [1.165, 1.54) is 11.6 Å². The molecule has 2 rings (SSSR count). The highest BCUT2D eigenvalue weighted by Gasteiger charge is 2.32. The minimum atomic E-state index is -0.154. The minimum Gasteiger partial charge on any atom is -0.380 e. The van der Waals surface area contributed by atoms with Gasteiger partial charge in [-0.1, -0.05) is 13.0 Å². The van der Waals surface area contributed by atoms with Gasteiger partial charge in [0.2, 0.25) is 0 Å². The van der Waals surface area contributed by atoms with Crippen LogP contribution < -0.4 is 5.32 Å². The molecule has 1 fully saturated rings. The number of nitrogens with one attached hydrogen (secondary N) is 1. The third-order valence-corrected chi connectivity index (χ3v) is 3.33. The van der Waals surface area contributed by atoms with E-state index in [0.717, 1.165) is 38.3 Å². The molecule has 0 spiro atoms. The van der Waals surface area contributed by atoms with Crippen molar-refractivity contribution in [2.24, 2.45) is 5.41 Å². The van der Waals surface area contributed by atoms with Gasteiger partial charge in [0, 0.05) is 12.0 Å². The zero-order valence-corrected chi connectivity index (χ0v) is 10.6. The van der Waals surface area contributed by atoms with Crippen LogP contribution in [0.4, 0.5) is 4.39 Å². The summed E-state index contributed by atoms with van der Waals surface area (Å²) < 4.78 is 18.1. The summed E-state index contributed by atoms with van der Waals surface area (Å²) in [5, 5.41) is 3.44. The number of hydrogen-bond acceptors (Lipinski definition) is 2. The molecule has 1 aliphatic heterocycles. The Kier molecular flexibility index (Phi) is 3.79. The van der Waals surface area contributed by atoms with Gasteiger partial charge in [0.05, 0.1) is 13.2 Å². The van der Waals surface area contributed by atoms with Crippen molar-refractivity contribution in [2.75, 3.05) is 26.3 Å². The van der Waals surface area contributed by atoms with Crippen molar-refractivity contribution in [1.82, 2.24) is 5.32 Å². The van der Waals surface area contributed by atoms with E-state index < -0.39 is 0 Å². The van der Waals surface area contributed by atoms with Crippen LogP contribution in [0.15, 0.2) is 18.2 Å². The SMILES string of the molecule is Cc1cc(F)ccc1CCNCC1(C)COC1. The topological polar surface area (TPSA) is 21.3 Å². The molecule has 0 aliphatic carbocycles. The van der Waals surface area contributed by atoms with Crippen LogP contribution in [0.2, 0.25) is 0 Å². The Balaban J connectivity index is 1.74. The molecule has 2 nitrogen and oxygen atoms in total. The van der Waals surface area contributed by atoms with Gasteiger partial charge >= 0.3 is 0 Å². The maximum absolute atomic E-state index is 12.9. The van der Waals surface area contributed by atoms with Crippen LogP contribution in [-0.2, 0) is 11.2 Å². The van der Waals surface area contributed by atoms with Crippen molar-refractivity contribution < 1.29 is 9.13 Å². The summed E-state index contributed by atoms with van der Waals surface area (Å²) in [4.78, 5) is 0. The second-order valence-corrected chi connectivity index (χ2v) is 5.30. The summed E-state index contributed by atoms with van der Waals surface area (Å²) in [7, 11) is 0. The lowest BCUT2D eigenvalue weighted by Gasteiger charge is -2.38. The van der Waals surface area contributed by atoms with Gasteiger partial charge in [-0.3, -0.25) is 0 Å². The lowest BCUT2D eigenvalue weighted by atomic mass is 9.89. The summed E-state index contributed by atoms with van der Waals surface area (Å²) in [6.07, 6.45) is 0.947. The summed E-state index contributed by atoms with van der Waals surface area (Å²) in [6.45, 7) is 7.83. The van der Waals surface area contributed by atoms with E-state index in [0.29, 0.717) is 5.41 Å². The third-order valence-electron chi connectivity index (χ3n) is 3.33. The Morgan fingerprint density at radius 3 is 2.76 bits per heavy atom. The van der Waals surface area contributed by atoms with Gasteiger partial charge in [0.1, 0.15) is 5.82 Å². The van der Waals surface area contributed by atoms with Crippen molar-refractivity contribution in [3.8, 4) is 0 Å². The summed E-state index contributed by atoms with van der Waals surface area (Å²) in [6, 6.07) is 5.00. The monoisotopic (exact) mass is 237 g/mol. The lowest BCUT2D eigenvalue weighted by molar-refractivity contribution is -0.0988. The van der Waals surface area contributed by atoms with Crippen LogP contribution in [-0.4, -0.2) is 26.3 Å². The maximum Gasteiger partial charge on any atom is 0.123 e. The van der Waals surface area contributed by atoms with Crippen molar-refractivity contribution in [3.05, 3.63) is 35.1 Å². The van der Waals surface area contributed by atoms with E-state index in [4.69, 9.17) is 4.74 Å². The van der Waals surface area contributed by atoms with Crippen LogP contribution in [0.1, 0.15) is 18.1 Å². The number of halogens is 1. The molecule has 1 aromatic rings. The molecule has 1 aromatic carbocycles. The second kappa shape index (κ2) is 5.15. The first kappa shape index (κ1) is 12.5. The van der Waals surface area contributed by atoms with Crippen molar-refractivity contribution in [1.29, 1.82) is 0 Å². The fourth-order valence-electron chi connectivity index (χ4n) is 2.11. The minimum absolute atomic E-state index is 0.154. The zero-order chi connectivity index (χ0) is 12.3. The summed E-state index contributed by atoms with van der Waals surface area (Å²) in [5.74, 6) is -0.154. The molecule has 1 saturated heterocycles. The maximum atomic E-state index is 12.9. The molecule has 17 heavy (non-hydrogen) atoms. The number of hydrogen-bond donors (Lipinski definition) is 1. The van der Waals surface area contributed by atoms with E-state index in [2.05, 4.69) is 12.2 Å². The standard InChI is InChI=1S/C14H20FNO/c1-11-7-13(15)4-3-12(11)5-6-16-8-14(2)9-17-10-14/h3-4,7,16H,5-6,8-10H2,1-2H3. The van der Waals surface area contributed by atoms with Gasteiger partial charge in [0.25, 0.3) is 0 Å². The molecular formula is C14H20FNO. The fourth-order valence-corrected chi connectivity index (χ4v) is 2.11. The first-order valence-corrected chi connectivity index (χ1v) is 6.13.